The molecular formula is C26H37NO2. The number of ketones is 1. The Bertz CT molecular complexity index is 816. The van der Waals surface area contributed by atoms with Crippen LogP contribution in [-0.4, -0.2) is 29.7 Å². The van der Waals surface area contributed by atoms with Crippen LogP contribution in [0.4, 0.5) is 0 Å². The lowest BCUT2D eigenvalue weighted by Crippen LogP contribution is -2.28. The van der Waals surface area contributed by atoms with Crippen molar-refractivity contribution in [2.75, 3.05) is 13.1 Å². The van der Waals surface area contributed by atoms with Crippen LogP contribution in [0.1, 0.15) is 67.7 Å². The largest absolute Gasteiger partial charge is 0.331 e. The van der Waals surface area contributed by atoms with Crippen molar-refractivity contribution in [2.45, 2.75) is 67.7 Å². The number of nitrogens with zero attached hydrogens (tertiary/aromatic N) is 1. The summed E-state index contributed by atoms with van der Waals surface area (Å²) in [6, 6.07) is 0. The Morgan fingerprint density at radius 2 is 1.72 bits per heavy atom. The van der Waals surface area contributed by atoms with E-state index in [0.29, 0.717) is 6.54 Å². The number of allylic oxidation sites excluding steroid dienone is 9. The average Bonchev–Trinajstić information content (AvgIpc) is 2.87. The normalized spacial score (nSPS) is 23.0. The van der Waals surface area contributed by atoms with Crippen molar-refractivity contribution in [1.29, 1.82) is 0 Å². The molecule has 0 bridgehead atoms. The molecule has 0 aromatic heterocycles. The topological polar surface area (TPSA) is 37.4 Å². The summed E-state index contributed by atoms with van der Waals surface area (Å²) in [7, 11) is 0. The third-order valence-electron chi connectivity index (χ3n) is 6.11. The van der Waals surface area contributed by atoms with Crippen molar-refractivity contribution >= 4 is 11.7 Å². The summed E-state index contributed by atoms with van der Waals surface area (Å²) in [6.07, 6.45) is 15.8. The summed E-state index contributed by atoms with van der Waals surface area (Å²) in [5, 5.41) is 0. The predicted octanol–water partition coefficient (Wildman–Crippen LogP) is 5.96. The number of likely N-dealkylation sites (tertiary alicyclic amines) is 1. The standard InChI is InChI=1S/C26H37NO2/c1-19(13-14-22-21(3)12-9-15-25(22,4)5)10-8-11-20(2)16-24(29)27-17-23(28)26(6,7)18-27/h8,10-11,13-14,16H,9,12,15,17-18H2,1-7H3/b11-8+,14-13+,19-10-,20-16+. The van der Waals surface area contributed by atoms with E-state index in [0.717, 1.165) is 5.57 Å². The molecule has 3 heteroatoms. The highest BCUT2D eigenvalue weighted by atomic mass is 16.2. The first-order valence-corrected chi connectivity index (χ1v) is 10.7. The number of hydrogen-bond acceptors (Lipinski definition) is 2. The maximum atomic E-state index is 12.4. The predicted molar refractivity (Wildman–Crippen MR) is 121 cm³/mol. The molecule has 1 aliphatic carbocycles. The molecule has 1 amide bonds. The number of carbonyl (C=O) groups is 2. The maximum absolute atomic E-state index is 12.4. The van der Waals surface area contributed by atoms with Crippen molar-refractivity contribution in [2.24, 2.45) is 10.8 Å². The van der Waals surface area contributed by atoms with Crippen LogP contribution in [0.2, 0.25) is 0 Å². The molecule has 0 spiro atoms. The highest BCUT2D eigenvalue weighted by Crippen LogP contribution is 2.40. The van der Waals surface area contributed by atoms with Crippen molar-refractivity contribution in [3.63, 3.8) is 0 Å². The van der Waals surface area contributed by atoms with Crippen LogP contribution in [0.25, 0.3) is 0 Å². The Kier molecular flexibility index (Phi) is 7.26. The molecule has 3 nitrogen and oxygen atoms in total. The van der Waals surface area contributed by atoms with E-state index in [1.807, 2.05) is 32.9 Å². The third-order valence-corrected chi connectivity index (χ3v) is 6.11. The molecule has 1 heterocycles. The van der Waals surface area contributed by atoms with Crippen molar-refractivity contribution in [3.05, 3.63) is 58.7 Å². The molecule has 0 unspecified atom stereocenters. The quantitative estimate of drug-likeness (QED) is 0.426. The summed E-state index contributed by atoms with van der Waals surface area (Å²) in [4.78, 5) is 26.0. The van der Waals surface area contributed by atoms with Gasteiger partial charge in [0.05, 0.1) is 6.54 Å². The fourth-order valence-corrected chi connectivity index (χ4v) is 4.13. The Balaban J connectivity index is 1.98. The second-order valence-electron chi connectivity index (χ2n) is 9.92. The lowest BCUT2D eigenvalue weighted by atomic mass is 9.72. The van der Waals surface area contributed by atoms with E-state index in [2.05, 4.69) is 45.9 Å². The van der Waals surface area contributed by atoms with E-state index in [-0.39, 0.29) is 23.7 Å². The molecule has 1 fully saturated rings. The SMILES string of the molecule is CC1=C(/C=C/C(C)=C\C=C\C(C)=C\C(=O)N2CC(=O)C(C)(C)C2)C(C)(C)CCC1. The van der Waals surface area contributed by atoms with Gasteiger partial charge in [-0.2, -0.15) is 0 Å². The molecule has 2 aliphatic rings. The fourth-order valence-electron chi connectivity index (χ4n) is 4.13. The second-order valence-corrected chi connectivity index (χ2v) is 9.92. The van der Waals surface area contributed by atoms with E-state index >= 15 is 0 Å². The number of rotatable bonds is 5. The van der Waals surface area contributed by atoms with Crippen LogP contribution in [0, 0.1) is 10.8 Å². The van der Waals surface area contributed by atoms with E-state index in [4.69, 9.17) is 0 Å². The number of Topliss-reactive ketones (excluding diaryl/α,β-unsaturated/α-hetero) is 1. The Morgan fingerprint density at radius 1 is 1.03 bits per heavy atom. The molecule has 0 saturated carbocycles. The molecule has 0 N–H and O–H groups in total. The van der Waals surface area contributed by atoms with Crippen LogP contribution < -0.4 is 0 Å². The molecule has 0 radical (unpaired) electrons. The van der Waals surface area contributed by atoms with E-state index in [1.165, 1.54) is 36.0 Å². The molecule has 0 aromatic carbocycles. The van der Waals surface area contributed by atoms with Crippen LogP contribution >= 0.6 is 0 Å². The molecule has 158 valence electrons. The first kappa shape index (κ1) is 23.1. The molecule has 1 saturated heterocycles. The summed E-state index contributed by atoms with van der Waals surface area (Å²) < 4.78 is 0. The van der Waals surface area contributed by atoms with Gasteiger partial charge < -0.3 is 4.90 Å². The molecule has 29 heavy (non-hydrogen) atoms. The van der Waals surface area contributed by atoms with Crippen molar-refractivity contribution in [3.8, 4) is 0 Å². The van der Waals surface area contributed by atoms with Crippen LogP contribution in [0.15, 0.2) is 58.7 Å². The number of hydrogen-bond donors (Lipinski definition) is 0. The Morgan fingerprint density at radius 3 is 2.31 bits per heavy atom. The maximum Gasteiger partial charge on any atom is 0.247 e. The van der Waals surface area contributed by atoms with Crippen LogP contribution in [-0.2, 0) is 9.59 Å². The zero-order valence-corrected chi connectivity index (χ0v) is 19.3. The van der Waals surface area contributed by atoms with Gasteiger partial charge in [0.25, 0.3) is 0 Å². The fraction of sp³-hybridized carbons (Fsp3) is 0.538. The summed E-state index contributed by atoms with van der Waals surface area (Å²) in [5.74, 6) is 0.0397. The highest BCUT2D eigenvalue weighted by Gasteiger charge is 2.39. The monoisotopic (exact) mass is 395 g/mol. The van der Waals surface area contributed by atoms with E-state index in [9.17, 15) is 9.59 Å². The molecule has 0 atom stereocenters. The minimum atomic E-state index is -0.430. The first-order valence-electron chi connectivity index (χ1n) is 10.7. The van der Waals surface area contributed by atoms with E-state index in [1.54, 1.807) is 11.0 Å². The molecule has 0 aromatic rings. The molecule has 2 rings (SSSR count). The van der Waals surface area contributed by atoms with Gasteiger partial charge in [-0.05, 0) is 56.6 Å². The van der Waals surface area contributed by atoms with Gasteiger partial charge in [0, 0.05) is 18.0 Å². The highest BCUT2D eigenvalue weighted by molar-refractivity contribution is 5.97. The van der Waals surface area contributed by atoms with Crippen molar-refractivity contribution in [1.82, 2.24) is 4.90 Å². The van der Waals surface area contributed by atoms with Gasteiger partial charge in [-0.25, -0.2) is 0 Å². The van der Waals surface area contributed by atoms with Gasteiger partial charge in [-0.1, -0.05) is 69.2 Å². The summed E-state index contributed by atoms with van der Waals surface area (Å²) >= 11 is 0. The summed E-state index contributed by atoms with van der Waals surface area (Å²) in [6.45, 7) is 15.4. The Labute approximate surface area is 176 Å². The first-order chi connectivity index (χ1) is 13.4. The van der Waals surface area contributed by atoms with E-state index < -0.39 is 5.41 Å². The third kappa shape index (κ3) is 6.16. The minimum Gasteiger partial charge on any atom is -0.331 e. The van der Waals surface area contributed by atoms with Gasteiger partial charge in [-0.15, -0.1) is 0 Å². The molecular weight excluding hydrogens is 358 g/mol. The van der Waals surface area contributed by atoms with Gasteiger partial charge in [0.1, 0.15) is 0 Å². The zero-order chi connectivity index (χ0) is 21.8. The van der Waals surface area contributed by atoms with Gasteiger partial charge in [0.15, 0.2) is 5.78 Å². The minimum absolute atomic E-state index is 0.0892. The van der Waals surface area contributed by atoms with Gasteiger partial charge in [-0.3, -0.25) is 9.59 Å². The van der Waals surface area contributed by atoms with Gasteiger partial charge >= 0.3 is 0 Å². The number of amides is 1. The number of carbonyl (C=O) groups excluding carboxylic acids is 2. The lowest BCUT2D eigenvalue weighted by Gasteiger charge is -2.32. The van der Waals surface area contributed by atoms with Crippen LogP contribution in [0.5, 0.6) is 0 Å². The lowest BCUT2D eigenvalue weighted by molar-refractivity contribution is -0.127. The zero-order valence-electron chi connectivity index (χ0n) is 19.3. The van der Waals surface area contributed by atoms with Gasteiger partial charge in [0.2, 0.25) is 5.91 Å². The summed E-state index contributed by atoms with van der Waals surface area (Å²) in [5.41, 5.74) is 4.84. The average molecular weight is 396 g/mol. The van der Waals surface area contributed by atoms with Crippen LogP contribution in [0.3, 0.4) is 0 Å². The Hall–Kier alpha value is -2.16. The second kappa shape index (κ2) is 9.11. The molecule has 1 aliphatic heterocycles. The van der Waals surface area contributed by atoms with Crippen molar-refractivity contribution < 1.29 is 9.59 Å². The smallest absolute Gasteiger partial charge is 0.247 e.